The Hall–Kier alpha value is -2.84. The summed E-state index contributed by atoms with van der Waals surface area (Å²) in [6.45, 7) is 3.92. The summed E-state index contributed by atoms with van der Waals surface area (Å²) >= 11 is 1.37. The van der Waals surface area contributed by atoms with Crippen molar-refractivity contribution in [1.29, 1.82) is 0 Å². The van der Waals surface area contributed by atoms with Crippen molar-refractivity contribution in [1.82, 2.24) is 14.8 Å². The molecule has 0 aliphatic carbocycles. The van der Waals surface area contributed by atoms with E-state index in [2.05, 4.69) is 9.88 Å². The first-order chi connectivity index (χ1) is 15.1. The average Bonchev–Trinajstić information content (AvgIpc) is 3.13. The van der Waals surface area contributed by atoms with Crippen LogP contribution in [0.4, 0.5) is 8.78 Å². The van der Waals surface area contributed by atoms with Crippen LogP contribution >= 0.6 is 11.3 Å². The van der Waals surface area contributed by atoms with Gasteiger partial charge in [0.15, 0.2) is 0 Å². The van der Waals surface area contributed by atoms with Crippen molar-refractivity contribution in [2.45, 2.75) is 19.6 Å². The zero-order chi connectivity index (χ0) is 21.6. The van der Waals surface area contributed by atoms with E-state index < -0.39 is 0 Å². The molecule has 0 unspecified atom stereocenters. The molecule has 1 aliphatic rings. The van der Waals surface area contributed by atoms with Crippen molar-refractivity contribution in [2.24, 2.45) is 0 Å². The SMILES string of the molecule is O=C(c1csc(COc2ccc(F)cc2)n1)N1CCCN(Cc2ccc(F)cc2)CC1. The first-order valence-electron chi connectivity index (χ1n) is 10.2. The Kier molecular flexibility index (Phi) is 6.89. The molecule has 1 aliphatic heterocycles. The molecule has 0 spiro atoms. The summed E-state index contributed by atoms with van der Waals surface area (Å²) in [4.78, 5) is 21.4. The van der Waals surface area contributed by atoms with Crippen LogP contribution in [0.1, 0.15) is 27.5 Å². The number of nitrogens with zero attached hydrogens (tertiary/aromatic N) is 3. The molecule has 1 aromatic heterocycles. The molecular formula is C23H23F2N3O2S. The van der Waals surface area contributed by atoms with Crippen LogP contribution in [0.3, 0.4) is 0 Å². The van der Waals surface area contributed by atoms with Crippen molar-refractivity contribution < 1.29 is 18.3 Å². The molecule has 0 radical (unpaired) electrons. The lowest BCUT2D eigenvalue weighted by molar-refractivity contribution is 0.0755. The number of benzene rings is 2. The Morgan fingerprint density at radius 2 is 1.68 bits per heavy atom. The first kappa shape index (κ1) is 21.4. The molecule has 2 heterocycles. The summed E-state index contributed by atoms with van der Waals surface area (Å²) < 4.78 is 31.7. The lowest BCUT2D eigenvalue weighted by Gasteiger charge is -2.21. The average molecular weight is 444 g/mol. The third-order valence-corrected chi connectivity index (χ3v) is 5.96. The second-order valence-corrected chi connectivity index (χ2v) is 8.36. The van der Waals surface area contributed by atoms with Crippen molar-refractivity contribution in [3.8, 4) is 5.75 Å². The van der Waals surface area contributed by atoms with Gasteiger partial charge in [0.25, 0.3) is 5.91 Å². The zero-order valence-corrected chi connectivity index (χ0v) is 17.8. The van der Waals surface area contributed by atoms with Gasteiger partial charge in [0.1, 0.15) is 34.7 Å². The number of carbonyl (C=O) groups is 1. The van der Waals surface area contributed by atoms with Crippen molar-refractivity contribution in [3.63, 3.8) is 0 Å². The molecule has 2 aromatic carbocycles. The number of rotatable bonds is 6. The number of amides is 1. The van der Waals surface area contributed by atoms with Crippen LogP contribution in [-0.2, 0) is 13.2 Å². The van der Waals surface area contributed by atoms with Gasteiger partial charge in [-0.3, -0.25) is 9.69 Å². The molecule has 0 N–H and O–H groups in total. The van der Waals surface area contributed by atoms with Crippen LogP contribution in [0.2, 0.25) is 0 Å². The van der Waals surface area contributed by atoms with Gasteiger partial charge < -0.3 is 9.64 Å². The van der Waals surface area contributed by atoms with E-state index in [1.54, 1.807) is 29.6 Å². The number of thiazole rings is 1. The normalized spacial score (nSPS) is 15.0. The molecule has 1 amide bonds. The summed E-state index contributed by atoms with van der Waals surface area (Å²) in [5.74, 6) is -0.0728. The molecule has 162 valence electrons. The van der Waals surface area contributed by atoms with Crippen LogP contribution in [0.25, 0.3) is 0 Å². The topological polar surface area (TPSA) is 45.7 Å². The second-order valence-electron chi connectivity index (χ2n) is 7.42. The molecule has 5 nitrogen and oxygen atoms in total. The van der Waals surface area contributed by atoms with Gasteiger partial charge >= 0.3 is 0 Å². The van der Waals surface area contributed by atoms with E-state index in [1.807, 2.05) is 4.90 Å². The molecule has 1 fully saturated rings. The summed E-state index contributed by atoms with van der Waals surface area (Å²) in [6, 6.07) is 12.3. The molecule has 8 heteroatoms. The van der Waals surface area contributed by atoms with E-state index in [4.69, 9.17) is 4.74 Å². The fourth-order valence-corrected chi connectivity index (χ4v) is 4.17. The smallest absolute Gasteiger partial charge is 0.273 e. The molecule has 0 saturated carbocycles. The van der Waals surface area contributed by atoms with Crippen molar-refractivity contribution >= 4 is 17.2 Å². The van der Waals surface area contributed by atoms with E-state index >= 15 is 0 Å². The standard InChI is InChI=1S/C23H23F2N3O2S/c24-18-4-2-17(3-5-18)14-27-10-1-11-28(13-12-27)23(29)21-16-31-22(26-21)15-30-20-8-6-19(25)7-9-20/h2-9,16H,1,10-15H2. The van der Waals surface area contributed by atoms with Crippen LogP contribution in [-0.4, -0.2) is 46.9 Å². The van der Waals surface area contributed by atoms with Crippen LogP contribution in [0, 0.1) is 11.6 Å². The summed E-state index contributed by atoms with van der Waals surface area (Å²) in [5, 5.41) is 2.45. The molecule has 0 bridgehead atoms. The quantitative estimate of drug-likeness (QED) is 0.568. The van der Waals surface area contributed by atoms with E-state index in [1.165, 1.54) is 35.6 Å². The van der Waals surface area contributed by atoms with Crippen LogP contribution < -0.4 is 4.74 Å². The monoisotopic (exact) mass is 443 g/mol. The highest BCUT2D eigenvalue weighted by Crippen LogP contribution is 2.18. The lowest BCUT2D eigenvalue weighted by atomic mass is 10.2. The maximum Gasteiger partial charge on any atom is 0.273 e. The van der Waals surface area contributed by atoms with E-state index in [9.17, 15) is 13.6 Å². The highest BCUT2D eigenvalue weighted by Gasteiger charge is 2.22. The van der Waals surface area contributed by atoms with Gasteiger partial charge in [-0.25, -0.2) is 13.8 Å². The Bertz CT molecular complexity index is 1010. The number of carbonyl (C=O) groups excluding carboxylic acids is 1. The Morgan fingerprint density at radius 1 is 0.968 bits per heavy atom. The molecule has 4 rings (SSSR count). The van der Waals surface area contributed by atoms with Gasteiger partial charge in [0, 0.05) is 38.1 Å². The largest absolute Gasteiger partial charge is 0.486 e. The molecule has 0 atom stereocenters. The van der Waals surface area contributed by atoms with Gasteiger partial charge in [0.05, 0.1) is 0 Å². The minimum absolute atomic E-state index is 0.0760. The van der Waals surface area contributed by atoms with Crippen LogP contribution in [0.15, 0.2) is 53.9 Å². The number of hydrogen-bond donors (Lipinski definition) is 0. The minimum atomic E-state index is -0.317. The maximum absolute atomic E-state index is 13.1. The van der Waals surface area contributed by atoms with Gasteiger partial charge in [0.2, 0.25) is 0 Å². The van der Waals surface area contributed by atoms with Gasteiger partial charge in [-0.05, 0) is 48.4 Å². The molecule has 1 saturated heterocycles. The first-order valence-corrected chi connectivity index (χ1v) is 11.0. The summed E-state index contributed by atoms with van der Waals surface area (Å²) in [5.41, 5.74) is 1.49. The molecular weight excluding hydrogens is 420 g/mol. The lowest BCUT2D eigenvalue weighted by Crippen LogP contribution is -2.35. The highest BCUT2D eigenvalue weighted by molar-refractivity contribution is 7.09. The van der Waals surface area contributed by atoms with Gasteiger partial charge in [-0.1, -0.05) is 12.1 Å². The predicted molar refractivity (Wildman–Crippen MR) is 115 cm³/mol. The Morgan fingerprint density at radius 3 is 2.42 bits per heavy atom. The molecule has 3 aromatic rings. The highest BCUT2D eigenvalue weighted by atomic mass is 32.1. The van der Waals surface area contributed by atoms with Gasteiger partial charge in [-0.15, -0.1) is 11.3 Å². The van der Waals surface area contributed by atoms with E-state index in [-0.39, 0.29) is 24.1 Å². The third kappa shape index (κ3) is 5.86. The number of hydrogen-bond acceptors (Lipinski definition) is 5. The van der Waals surface area contributed by atoms with Crippen molar-refractivity contribution in [2.75, 3.05) is 26.2 Å². The molecule has 31 heavy (non-hydrogen) atoms. The minimum Gasteiger partial charge on any atom is -0.486 e. The van der Waals surface area contributed by atoms with E-state index in [0.717, 1.165) is 31.6 Å². The maximum atomic E-state index is 13.1. The van der Waals surface area contributed by atoms with Gasteiger partial charge in [-0.2, -0.15) is 0 Å². The number of aromatic nitrogens is 1. The number of halogens is 2. The van der Waals surface area contributed by atoms with Crippen LogP contribution in [0.5, 0.6) is 5.75 Å². The predicted octanol–water partition coefficient (Wildman–Crippen LogP) is 4.35. The summed E-state index contributed by atoms with van der Waals surface area (Å²) in [7, 11) is 0. The zero-order valence-electron chi connectivity index (χ0n) is 17.0. The fraction of sp³-hybridized carbons (Fsp3) is 0.304. The number of ether oxygens (including phenoxy) is 1. The van der Waals surface area contributed by atoms with Crippen molar-refractivity contribution in [3.05, 3.63) is 81.8 Å². The Labute approximate surface area is 183 Å². The second kappa shape index (κ2) is 9.98. The van der Waals surface area contributed by atoms with E-state index in [0.29, 0.717) is 29.5 Å². The summed E-state index contributed by atoms with van der Waals surface area (Å²) in [6.07, 6.45) is 0.873. The third-order valence-electron chi connectivity index (χ3n) is 5.14. The Balaban J connectivity index is 1.30. The fourth-order valence-electron chi connectivity index (χ4n) is 3.49.